The molecular weight excluding hydrogens is 388 g/mol. The number of benzene rings is 2. The minimum atomic E-state index is -0.513. The highest BCUT2D eigenvalue weighted by Crippen LogP contribution is 2.36. The molecule has 1 aliphatic rings. The normalized spacial score (nSPS) is 19.1. The molecule has 158 valence electrons. The monoisotopic (exact) mass is 414 g/mol. The second-order valence-electron chi connectivity index (χ2n) is 8.44. The van der Waals surface area contributed by atoms with Gasteiger partial charge in [0.25, 0.3) is 0 Å². The second kappa shape index (κ2) is 8.04. The molecule has 2 aromatic carbocycles. The number of nitrogens with one attached hydrogen (secondary N) is 2. The molecule has 2 N–H and O–H groups in total. The van der Waals surface area contributed by atoms with Crippen molar-refractivity contribution in [3.05, 3.63) is 78.2 Å². The van der Waals surface area contributed by atoms with Crippen LogP contribution in [0.25, 0.3) is 22.2 Å². The number of hydrogen-bond acceptors (Lipinski definition) is 4. The van der Waals surface area contributed by atoms with Crippen LogP contribution in [0.3, 0.4) is 0 Å². The molecule has 0 spiro atoms. The molecular formula is C25H26N4O2. The molecule has 0 aliphatic carbocycles. The van der Waals surface area contributed by atoms with Crippen LogP contribution < -0.4 is 5.32 Å². The van der Waals surface area contributed by atoms with Gasteiger partial charge in [-0.2, -0.15) is 0 Å². The third-order valence-electron chi connectivity index (χ3n) is 6.31. The molecule has 3 heterocycles. The predicted octanol–water partition coefficient (Wildman–Crippen LogP) is 4.00. The summed E-state index contributed by atoms with van der Waals surface area (Å²) in [5, 5.41) is 8.32. The van der Waals surface area contributed by atoms with Crippen molar-refractivity contribution in [3.8, 4) is 11.3 Å². The molecule has 1 aliphatic heterocycles. The SMILES string of the molecule is CNC(=O)[C@@]1(Cc2cc(-c3ccccc3)no2)CCN(Cc2ccc3[nH]ccc3c2)C1. The number of rotatable bonds is 6. The Bertz CT molecular complexity index is 1200. The van der Waals surface area contributed by atoms with Gasteiger partial charge in [0.05, 0.1) is 5.41 Å². The van der Waals surface area contributed by atoms with Gasteiger partial charge in [-0.25, -0.2) is 0 Å². The van der Waals surface area contributed by atoms with E-state index in [0.717, 1.165) is 42.0 Å². The van der Waals surface area contributed by atoms with E-state index in [2.05, 4.69) is 44.6 Å². The maximum absolute atomic E-state index is 13.0. The molecule has 0 unspecified atom stereocenters. The Kier molecular flexibility index (Phi) is 5.08. The van der Waals surface area contributed by atoms with E-state index < -0.39 is 5.41 Å². The van der Waals surface area contributed by atoms with Crippen LogP contribution in [0.5, 0.6) is 0 Å². The zero-order valence-corrected chi connectivity index (χ0v) is 17.6. The van der Waals surface area contributed by atoms with Gasteiger partial charge in [0.15, 0.2) is 0 Å². The average Bonchev–Trinajstić information content (AvgIpc) is 3.54. The summed E-state index contributed by atoms with van der Waals surface area (Å²) in [5.41, 5.74) is 3.70. The summed E-state index contributed by atoms with van der Waals surface area (Å²) >= 11 is 0. The van der Waals surface area contributed by atoms with Crippen LogP contribution in [0, 0.1) is 5.41 Å². The fourth-order valence-electron chi connectivity index (χ4n) is 4.70. The molecule has 31 heavy (non-hydrogen) atoms. The average molecular weight is 415 g/mol. The van der Waals surface area contributed by atoms with Crippen LogP contribution >= 0.6 is 0 Å². The second-order valence-corrected chi connectivity index (χ2v) is 8.44. The molecule has 0 saturated carbocycles. The van der Waals surface area contributed by atoms with Gasteiger partial charge in [-0.1, -0.05) is 41.6 Å². The number of aromatic nitrogens is 2. The van der Waals surface area contributed by atoms with Crippen LogP contribution in [0.1, 0.15) is 17.7 Å². The van der Waals surface area contributed by atoms with Gasteiger partial charge in [-0.15, -0.1) is 0 Å². The predicted molar refractivity (Wildman–Crippen MR) is 120 cm³/mol. The minimum Gasteiger partial charge on any atom is -0.361 e. The van der Waals surface area contributed by atoms with Gasteiger partial charge in [-0.3, -0.25) is 9.69 Å². The third-order valence-corrected chi connectivity index (χ3v) is 6.31. The molecule has 5 rings (SSSR count). The van der Waals surface area contributed by atoms with E-state index in [1.165, 1.54) is 10.9 Å². The Hall–Kier alpha value is -3.38. The first kappa shape index (κ1) is 19.6. The fraction of sp³-hybridized carbons (Fsp3) is 0.280. The molecule has 0 bridgehead atoms. The van der Waals surface area contributed by atoms with Crippen molar-refractivity contribution in [1.82, 2.24) is 20.4 Å². The topological polar surface area (TPSA) is 74.2 Å². The lowest BCUT2D eigenvalue weighted by Crippen LogP contribution is -2.43. The first-order chi connectivity index (χ1) is 15.1. The van der Waals surface area contributed by atoms with E-state index in [-0.39, 0.29) is 5.91 Å². The molecule has 1 atom stereocenters. The number of aromatic amines is 1. The van der Waals surface area contributed by atoms with Crippen LogP contribution in [-0.4, -0.2) is 41.1 Å². The van der Waals surface area contributed by atoms with Gasteiger partial charge in [0, 0.05) is 49.9 Å². The number of carbonyl (C=O) groups is 1. The van der Waals surface area contributed by atoms with Crippen molar-refractivity contribution in [2.24, 2.45) is 5.41 Å². The van der Waals surface area contributed by atoms with Crippen LogP contribution in [0.4, 0.5) is 0 Å². The lowest BCUT2D eigenvalue weighted by molar-refractivity contribution is -0.130. The van der Waals surface area contributed by atoms with Crippen molar-refractivity contribution >= 4 is 16.8 Å². The fourth-order valence-corrected chi connectivity index (χ4v) is 4.70. The Morgan fingerprint density at radius 3 is 2.90 bits per heavy atom. The number of nitrogens with zero attached hydrogens (tertiary/aromatic N) is 2. The Labute approximate surface area is 181 Å². The summed E-state index contributed by atoms with van der Waals surface area (Å²) in [6.07, 6.45) is 3.29. The van der Waals surface area contributed by atoms with Gasteiger partial charge in [0.1, 0.15) is 11.5 Å². The summed E-state index contributed by atoms with van der Waals surface area (Å²) in [6, 6.07) is 20.5. The van der Waals surface area contributed by atoms with E-state index in [9.17, 15) is 4.79 Å². The van der Waals surface area contributed by atoms with Gasteiger partial charge in [-0.05, 0) is 42.1 Å². The first-order valence-corrected chi connectivity index (χ1v) is 10.7. The molecule has 6 nitrogen and oxygen atoms in total. The molecule has 4 aromatic rings. The highest BCUT2D eigenvalue weighted by atomic mass is 16.5. The van der Waals surface area contributed by atoms with E-state index >= 15 is 0 Å². The van der Waals surface area contributed by atoms with Gasteiger partial charge in [0.2, 0.25) is 5.91 Å². The number of H-pyrrole nitrogens is 1. The number of likely N-dealkylation sites (tertiary alicyclic amines) is 1. The smallest absolute Gasteiger partial charge is 0.227 e. The molecule has 1 fully saturated rings. The zero-order valence-electron chi connectivity index (χ0n) is 17.6. The van der Waals surface area contributed by atoms with E-state index in [1.54, 1.807) is 7.05 Å². The first-order valence-electron chi connectivity index (χ1n) is 10.7. The summed E-state index contributed by atoms with van der Waals surface area (Å²) < 4.78 is 5.64. The third kappa shape index (κ3) is 3.86. The summed E-state index contributed by atoms with van der Waals surface area (Å²) in [7, 11) is 1.71. The van der Waals surface area contributed by atoms with E-state index in [0.29, 0.717) is 13.0 Å². The zero-order chi connectivity index (χ0) is 21.3. The molecule has 6 heteroatoms. The molecule has 2 aromatic heterocycles. The van der Waals surface area contributed by atoms with Crippen molar-refractivity contribution < 1.29 is 9.32 Å². The summed E-state index contributed by atoms with van der Waals surface area (Å²) in [4.78, 5) is 18.5. The minimum absolute atomic E-state index is 0.0637. The number of hydrogen-bond donors (Lipinski definition) is 2. The van der Waals surface area contributed by atoms with Crippen molar-refractivity contribution in [1.29, 1.82) is 0 Å². The standard InChI is InChI=1S/C25H26N4O2/c1-26-24(30)25(15-21-14-23(28-31-21)19-5-3-2-4-6-19)10-12-29(17-25)16-18-7-8-22-20(13-18)9-11-27-22/h2-9,11,13-14,27H,10,12,15-17H2,1H3,(H,26,30)/t25-/m1/s1. The lowest BCUT2D eigenvalue weighted by Gasteiger charge is -2.26. The number of carbonyl (C=O) groups excluding carboxylic acids is 1. The Morgan fingerprint density at radius 1 is 1.19 bits per heavy atom. The van der Waals surface area contributed by atoms with Gasteiger partial charge >= 0.3 is 0 Å². The number of amides is 1. The van der Waals surface area contributed by atoms with Crippen LogP contribution in [0.2, 0.25) is 0 Å². The Morgan fingerprint density at radius 2 is 2.06 bits per heavy atom. The largest absolute Gasteiger partial charge is 0.361 e. The quantitative estimate of drug-likeness (QED) is 0.500. The molecule has 0 radical (unpaired) electrons. The molecule has 1 amide bonds. The maximum Gasteiger partial charge on any atom is 0.227 e. The highest BCUT2D eigenvalue weighted by Gasteiger charge is 2.45. The van der Waals surface area contributed by atoms with E-state index in [1.807, 2.05) is 42.6 Å². The van der Waals surface area contributed by atoms with Crippen LogP contribution in [0.15, 0.2) is 71.4 Å². The van der Waals surface area contributed by atoms with E-state index in [4.69, 9.17) is 4.52 Å². The summed E-state index contributed by atoms with van der Waals surface area (Å²) in [6.45, 7) is 2.39. The maximum atomic E-state index is 13.0. The highest BCUT2D eigenvalue weighted by molar-refractivity contribution is 5.83. The van der Waals surface area contributed by atoms with Crippen LogP contribution in [-0.2, 0) is 17.8 Å². The summed E-state index contributed by atoms with van der Waals surface area (Å²) in [5.74, 6) is 0.812. The number of fused-ring (bicyclic) bond motifs is 1. The van der Waals surface area contributed by atoms with Gasteiger partial charge < -0.3 is 14.8 Å². The van der Waals surface area contributed by atoms with Crippen molar-refractivity contribution in [3.63, 3.8) is 0 Å². The van der Waals surface area contributed by atoms with Crippen molar-refractivity contribution in [2.45, 2.75) is 19.4 Å². The molecule has 1 saturated heterocycles. The van der Waals surface area contributed by atoms with Crippen molar-refractivity contribution in [2.75, 3.05) is 20.1 Å². The Balaban J connectivity index is 1.33. The lowest BCUT2D eigenvalue weighted by atomic mass is 9.81.